The summed E-state index contributed by atoms with van der Waals surface area (Å²) in [5, 5.41) is 0.745. The number of aromatic nitrogens is 1. The van der Waals surface area contributed by atoms with Gasteiger partial charge in [0.2, 0.25) is 5.91 Å². The first-order valence-electron chi connectivity index (χ1n) is 9.19. The molecule has 7 heteroatoms. The molecule has 0 saturated heterocycles. The Kier molecular flexibility index (Phi) is 6.69. The lowest BCUT2D eigenvalue weighted by Gasteiger charge is -2.20. The molecule has 0 unspecified atom stereocenters. The summed E-state index contributed by atoms with van der Waals surface area (Å²) in [5.41, 5.74) is 3.33. The highest BCUT2D eigenvalue weighted by atomic mass is 32.2. The maximum atomic E-state index is 13.1. The van der Waals surface area contributed by atoms with Crippen LogP contribution in [0.3, 0.4) is 0 Å². The number of carbonyl (C=O) groups is 1. The van der Waals surface area contributed by atoms with Crippen LogP contribution in [-0.4, -0.2) is 43.8 Å². The minimum Gasteiger partial charge on any atom is -0.338 e. The Hall–Kier alpha value is -1.96. The van der Waals surface area contributed by atoms with Crippen molar-refractivity contribution in [2.45, 2.75) is 18.7 Å². The van der Waals surface area contributed by atoms with Gasteiger partial charge >= 0.3 is 0 Å². The van der Waals surface area contributed by atoms with Crippen molar-refractivity contribution < 1.29 is 14.1 Å². The third-order valence-corrected chi connectivity index (χ3v) is 6.66. The zero-order valence-corrected chi connectivity index (χ0v) is 18.2. The third-order valence-electron chi connectivity index (χ3n) is 4.62. The van der Waals surface area contributed by atoms with Gasteiger partial charge in [0.15, 0.2) is 5.13 Å². The number of thiazole rings is 1. The average molecular weight is 419 g/mol. The number of rotatable bonds is 7. The number of nitrogens with zero attached hydrogens (tertiary/aromatic N) is 2. The summed E-state index contributed by atoms with van der Waals surface area (Å²) in [4.78, 5) is 21.8. The molecule has 0 aliphatic heterocycles. The highest BCUT2D eigenvalue weighted by Crippen LogP contribution is 2.32. The Morgan fingerprint density at radius 3 is 2.57 bits per heavy atom. The summed E-state index contributed by atoms with van der Waals surface area (Å²) >= 11 is 2.98. The fraction of sp³-hybridized carbons (Fsp3) is 0.333. The molecule has 0 atom stereocenters. The van der Waals surface area contributed by atoms with E-state index in [2.05, 4.69) is 40.1 Å². The highest BCUT2D eigenvalue weighted by molar-refractivity contribution is 8.00. The van der Waals surface area contributed by atoms with E-state index in [9.17, 15) is 9.18 Å². The van der Waals surface area contributed by atoms with Crippen molar-refractivity contribution in [3.8, 4) is 0 Å². The van der Waals surface area contributed by atoms with Crippen LogP contribution in [0.1, 0.15) is 11.1 Å². The molecule has 0 radical (unpaired) electrons. The smallest absolute Gasteiger partial charge is 0.239 e. The van der Waals surface area contributed by atoms with Crippen molar-refractivity contribution in [1.82, 2.24) is 4.98 Å². The van der Waals surface area contributed by atoms with Gasteiger partial charge in [0.25, 0.3) is 0 Å². The second kappa shape index (κ2) is 9.03. The first kappa shape index (κ1) is 20.8. The molecular formula is C21H25FN3OS2+. The number of thioether (sulfide) groups is 1. The van der Waals surface area contributed by atoms with Gasteiger partial charge in [-0.1, -0.05) is 17.4 Å². The van der Waals surface area contributed by atoms with Crippen molar-refractivity contribution >= 4 is 44.4 Å². The number of likely N-dealkylation sites (N-methyl/N-ethyl adjacent to an activating group) is 1. The molecule has 0 spiro atoms. The van der Waals surface area contributed by atoms with E-state index in [4.69, 9.17) is 4.98 Å². The van der Waals surface area contributed by atoms with E-state index in [1.165, 1.54) is 34.4 Å². The SMILES string of the molecule is Cc1ccc2sc(N(CC[NH+](C)C)C(=O)CSc3ccc(F)cc3)nc2c1C. The van der Waals surface area contributed by atoms with Crippen LogP contribution in [0.15, 0.2) is 41.3 Å². The Bertz CT molecular complexity index is 970. The van der Waals surface area contributed by atoms with Crippen LogP contribution in [0.2, 0.25) is 0 Å². The molecule has 0 aliphatic carbocycles. The van der Waals surface area contributed by atoms with Crippen molar-refractivity contribution in [3.05, 3.63) is 53.3 Å². The fourth-order valence-electron chi connectivity index (χ4n) is 2.75. The molecule has 3 rings (SSSR count). The molecular weight excluding hydrogens is 393 g/mol. The zero-order chi connectivity index (χ0) is 20.3. The van der Waals surface area contributed by atoms with Crippen LogP contribution in [-0.2, 0) is 4.79 Å². The zero-order valence-electron chi connectivity index (χ0n) is 16.6. The minimum absolute atomic E-state index is 0.0176. The number of fused-ring (bicyclic) bond motifs is 1. The lowest BCUT2D eigenvalue weighted by molar-refractivity contribution is -0.856. The number of anilines is 1. The molecule has 0 aliphatic rings. The van der Waals surface area contributed by atoms with Gasteiger partial charge in [-0.15, -0.1) is 11.8 Å². The lowest BCUT2D eigenvalue weighted by atomic mass is 10.1. The van der Waals surface area contributed by atoms with Gasteiger partial charge in [0, 0.05) is 4.90 Å². The maximum Gasteiger partial charge on any atom is 0.239 e. The Balaban J connectivity index is 1.82. The van der Waals surface area contributed by atoms with E-state index in [0.717, 1.165) is 32.4 Å². The summed E-state index contributed by atoms with van der Waals surface area (Å²) in [5.74, 6) is 0.0397. The molecule has 0 bridgehead atoms. The normalized spacial score (nSPS) is 11.4. The number of halogens is 1. The molecule has 1 amide bonds. The van der Waals surface area contributed by atoms with Crippen molar-refractivity contribution in [3.63, 3.8) is 0 Å². The van der Waals surface area contributed by atoms with Gasteiger partial charge < -0.3 is 4.90 Å². The van der Waals surface area contributed by atoms with E-state index >= 15 is 0 Å². The van der Waals surface area contributed by atoms with Gasteiger partial charge in [-0.25, -0.2) is 9.37 Å². The number of hydrogen-bond acceptors (Lipinski definition) is 4. The largest absolute Gasteiger partial charge is 0.338 e. The number of aryl methyl sites for hydroxylation is 2. The first-order chi connectivity index (χ1) is 13.3. The van der Waals surface area contributed by atoms with Crippen LogP contribution >= 0.6 is 23.1 Å². The molecule has 4 nitrogen and oxygen atoms in total. The van der Waals surface area contributed by atoms with Crippen molar-refractivity contribution in [1.29, 1.82) is 0 Å². The summed E-state index contributed by atoms with van der Waals surface area (Å²) < 4.78 is 14.2. The fourth-order valence-corrected chi connectivity index (χ4v) is 4.59. The topological polar surface area (TPSA) is 37.6 Å². The molecule has 2 aromatic carbocycles. The first-order valence-corrected chi connectivity index (χ1v) is 11.0. The predicted octanol–water partition coefficient (Wildman–Crippen LogP) is 3.32. The minimum atomic E-state index is -0.272. The van der Waals surface area contributed by atoms with Crippen LogP contribution in [0.25, 0.3) is 10.2 Å². The van der Waals surface area contributed by atoms with Crippen molar-refractivity contribution in [2.75, 3.05) is 37.8 Å². The summed E-state index contributed by atoms with van der Waals surface area (Å²) in [6.45, 7) is 5.59. The highest BCUT2D eigenvalue weighted by Gasteiger charge is 2.21. The number of nitrogens with one attached hydrogen (secondary N) is 1. The molecule has 1 N–H and O–H groups in total. The van der Waals surface area contributed by atoms with Crippen LogP contribution in [0.4, 0.5) is 9.52 Å². The number of amides is 1. The molecule has 1 aromatic heterocycles. The number of carbonyl (C=O) groups excluding carboxylic acids is 1. The van der Waals surface area contributed by atoms with Gasteiger partial charge in [0.1, 0.15) is 5.82 Å². The van der Waals surface area contributed by atoms with Gasteiger partial charge in [0.05, 0.1) is 43.2 Å². The van der Waals surface area contributed by atoms with Crippen molar-refractivity contribution in [2.24, 2.45) is 0 Å². The monoisotopic (exact) mass is 418 g/mol. The summed E-state index contributed by atoms with van der Waals surface area (Å²) in [6, 6.07) is 10.4. The van der Waals surface area contributed by atoms with Gasteiger partial charge in [-0.2, -0.15) is 0 Å². The number of benzene rings is 2. The van der Waals surface area contributed by atoms with Crippen LogP contribution < -0.4 is 9.80 Å². The van der Waals surface area contributed by atoms with E-state index in [1.54, 1.807) is 28.4 Å². The average Bonchev–Trinajstić information content (AvgIpc) is 3.09. The molecule has 0 saturated carbocycles. The Labute approximate surface area is 173 Å². The molecule has 0 fully saturated rings. The van der Waals surface area contributed by atoms with E-state index in [0.29, 0.717) is 12.3 Å². The van der Waals surface area contributed by atoms with Crippen LogP contribution in [0.5, 0.6) is 0 Å². The quantitative estimate of drug-likeness (QED) is 0.598. The lowest BCUT2D eigenvalue weighted by Crippen LogP contribution is -3.06. The summed E-state index contributed by atoms with van der Waals surface area (Å²) in [6.07, 6.45) is 0. The maximum absolute atomic E-state index is 13.1. The molecule has 148 valence electrons. The van der Waals surface area contributed by atoms with Gasteiger partial charge in [-0.05, 0) is 55.3 Å². The third kappa shape index (κ3) is 4.90. The number of quaternary nitrogens is 1. The Morgan fingerprint density at radius 1 is 1.18 bits per heavy atom. The molecule has 3 aromatic rings. The standard InChI is InChI=1S/C21H24FN3OS2/c1-14-5-10-18-20(15(14)2)23-21(28-18)25(12-11-24(3)4)19(26)13-27-17-8-6-16(22)7-9-17/h5-10H,11-13H2,1-4H3/p+1. The van der Waals surface area contributed by atoms with Crippen LogP contribution in [0, 0.1) is 19.7 Å². The van der Waals surface area contributed by atoms with E-state index < -0.39 is 0 Å². The van der Waals surface area contributed by atoms with E-state index in [1.807, 2.05) is 0 Å². The number of hydrogen-bond donors (Lipinski definition) is 1. The predicted molar refractivity (Wildman–Crippen MR) is 116 cm³/mol. The second-order valence-corrected chi connectivity index (χ2v) is 9.15. The van der Waals surface area contributed by atoms with Gasteiger partial charge in [-0.3, -0.25) is 9.69 Å². The summed E-state index contributed by atoms with van der Waals surface area (Å²) in [7, 11) is 4.14. The second-order valence-electron chi connectivity index (χ2n) is 7.10. The molecule has 28 heavy (non-hydrogen) atoms. The Morgan fingerprint density at radius 2 is 1.89 bits per heavy atom. The van der Waals surface area contributed by atoms with E-state index in [-0.39, 0.29) is 11.7 Å². The molecule has 1 heterocycles.